The normalized spacial score (nSPS) is 17.9. The van der Waals surface area contributed by atoms with E-state index in [0.29, 0.717) is 32.6 Å². The standard InChI is InChI=1S/C24H22ClF5N4O3S2/c1-33(2)22-31-16(11-17(32-22)14-3-5-15(6-4-14)24(28,29)30)7-8-19(35)18-12-23(26,27)13-34(18)39(36,37)21-10-9-20(25)38-21/h3-6,9-11,18H,7-8,12-13H2,1-2H3/t18-/m0/s1. The van der Waals surface area contributed by atoms with Crippen molar-refractivity contribution in [1.29, 1.82) is 0 Å². The van der Waals surface area contributed by atoms with Gasteiger partial charge in [-0.2, -0.15) is 17.5 Å². The van der Waals surface area contributed by atoms with Crippen LogP contribution in [0.5, 0.6) is 0 Å². The van der Waals surface area contributed by atoms with Crippen molar-refractivity contribution in [2.24, 2.45) is 0 Å². The minimum Gasteiger partial charge on any atom is -0.347 e. The molecule has 15 heteroatoms. The maximum Gasteiger partial charge on any atom is 0.416 e. The Hall–Kier alpha value is -2.68. The molecule has 7 nitrogen and oxygen atoms in total. The number of anilines is 1. The first-order chi connectivity index (χ1) is 18.1. The van der Waals surface area contributed by atoms with Gasteiger partial charge in [-0.1, -0.05) is 23.7 Å². The minimum atomic E-state index is -4.50. The zero-order chi connectivity index (χ0) is 28.8. The van der Waals surface area contributed by atoms with E-state index < -0.39 is 52.5 Å². The first kappa shape index (κ1) is 29.3. The van der Waals surface area contributed by atoms with Crippen LogP contribution in [0.25, 0.3) is 11.3 Å². The molecule has 0 spiro atoms. The molecule has 3 aromatic rings. The first-order valence-corrected chi connectivity index (χ1v) is 14.1. The number of thiophene rings is 1. The first-order valence-electron chi connectivity index (χ1n) is 11.5. The van der Waals surface area contributed by atoms with Gasteiger partial charge in [0, 0.05) is 38.2 Å². The minimum absolute atomic E-state index is 0.0311. The molecule has 0 bridgehead atoms. The lowest BCUT2D eigenvalue weighted by atomic mass is 10.0. The smallest absolute Gasteiger partial charge is 0.347 e. The van der Waals surface area contributed by atoms with Crippen LogP contribution in [0.2, 0.25) is 4.34 Å². The lowest BCUT2D eigenvalue weighted by molar-refractivity contribution is -0.137. The van der Waals surface area contributed by atoms with Crippen molar-refractivity contribution in [2.45, 2.75) is 41.6 Å². The highest BCUT2D eigenvalue weighted by Crippen LogP contribution is 2.39. The Morgan fingerprint density at radius 3 is 2.38 bits per heavy atom. The molecule has 1 aromatic carbocycles. The summed E-state index contributed by atoms with van der Waals surface area (Å²) < 4.78 is 94.0. The molecule has 0 radical (unpaired) electrons. The van der Waals surface area contributed by atoms with Crippen molar-refractivity contribution in [3.05, 3.63) is 58.1 Å². The van der Waals surface area contributed by atoms with Gasteiger partial charge in [-0.05, 0) is 36.8 Å². The third kappa shape index (κ3) is 6.56. The highest BCUT2D eigenvalue weighted by molar-refractivity contribution is 7.91. The Kier molecular flexibility index (Phi) is 8.05. The Morgan fingerprint density at radius 2 is 1.82 bits per heavy atom. The van der Waals surface area contributed by atoms with Crippen LogP contribution in [-0.2, 0) is 27.4 Å². The van der Waals surface area contributed by atoms with Crippen molar-refractivity contribution in [3.63, 3.8) is 0 Å². The van der Waals surface area contributed by atoms with Crippen LogP contribution in [-0.4, -0.2) is 61.1 Å². The predicted octanol–water partition coefficient (Wildman–Crippen LogP) is 5.54. The SMILES string of the molecule is CN(C)c1nc(CCC(=O)[C@@H]2CC(F)(F)CN2S(=O)(=O)c2ccc(Cl)s2)cc(-c2ccc(C(F)(F)F)cc2)n1. The maximum absolute atomic E-state index is 14.3. The highest BCUT2D eigenvalue weighted by atomic mass is 35.5. The van der Waals surface area contributed by atoms with Gasteiger partial charge in [0.1, 0.15) is 4.21 Å². The summed E-state index contributed by atoms with van der Waals surface area (Å²) in [6.07, 6.45) is -5.78. The topological polar surface area (TPSA) is 83.5 Å². The molecule has 0 saturated carbocycles. The Morgan fingerprint density at radius 1 is 1.15 bits per heavy atom. The zero-order valence-corrected chi connectivity index (χ0v) is 22.9. The second-order valence-corrected chi connectivity index (χ2v) is 13.0. The van der Waals surface area contributed by atoms with Gasteiger partial charge in [-0.3, -0.25) is 4.79 Å². The molecule has 1 fully saturated rings. The summed E-state index contributed by atoms with van der Waals surface area (Å²) in [6, 6.07) is 6.82. The number of carbonyl (C=O) groups is 1. The van der Waals surface area contributed by atoms with Crippen LogP contribution >= 0.6 is 22.9 Å². The summed E-state index contributed by atoms with van der Waals surface area (Å²) in [7, 11) is -1.08. The summed E-state index contributed by atoms with van der Waals surface area (Å²) in [5.74, 6) is -3.88. The number of hydrogen-bond donors (Lipinski definition) is 0. The van der Waals surface area contributed by atoms with Crippen LogP contribution in [0.15, 0.2) is 46.7 Å². The quantitative estimate of drug-likeness (QED) is 0.312. The number of rotatable bonds is 8. The molecular formula is C24H22ClF5N4O3S2. The van der Waals surface area contributed by atoms with Crippen molar-refractivity contribution in [2.75, 3.05) is 25.5 Å². The van der Waals surface area contributed by atoms with Crippen LogP contribution < -0.4 is 4.90 Å². The number of Topliss-reactive ketones (excluding diaryl/α,β-unsaturated/α-hetero) is 1. The van der Waals surface area contributed by atoms with Crippen LogP contribution in [0.3, 0.4) is 0 Å². The fourth-order valence-corrected chi connectivity index (χ4v) is 7.32. The van der Waals surface area contributed by atoms with Gasteiger partial charge in [0.15, 0.2) is 5.78 Å². The molecule has 0 unspecified atom stereocenters. The van der Waals surface area contributed by atoms with Gasteiger partial charge in [-0.15, -0.1) is 11.3 Å². The van der Waals surface area contributed by atoms with E-state index in [2.05, 4.69) is 9.97 Å². The van der Waals surface area contributed by atoms with E-state index in [-0.39, 0.29) is 27.3 Å². The van der Waals surface area contributed by atoms with Crippen molar-refractivity contribution >= 4 is 44.7 Å². The van der Waals surface area contributed by atoms with Gasteiger partial charge in [-0.25, -0.2) is 27.2 Å². The number of ketones is 1. The molecule has 3 heterocycles. The molecule has 1 atom stereocenters. The fourth-order valence-electron chi connectivity index (χ4n) is 4.07. The molecular weight excluding hydrogens is 587 g/mol. The van der Waals surface area contributed by atoms with E-state index in [4.69, 9.17) is 11.6 Å². The summed E-state index contributed by atoms with van der Waals surface area (Å²) in [5, 5.41) is 0. The fraction of sp³-hybridized carbons (Fsp3) is 0.375. The van der Waals surface area contributed by atoms with Crippen LogP contribution in [0.1, 0.15) is 24.1 Å². The van der Waals surface area contributed by atoms with Crippen molar-refractivity contribution < 1.29 is 35.2 Å². The Labute approximate surface area is 230 Å². The average molecular weight is 609 g/mol. The molecule has 210 valence electrons. The average Bonchev–Trinajstić information content (AvgIpc) is 3.45. The molecule has 0 aliphatic carbocycles. The third-order valence-corrected chi connectivity index (χ3v) is 9.57. The molecule has 0 N–H and O–H groups in total. The van der Waals surface area contributed by atoms with Gasteiger partial charge >= 0.3 is 6.18 Å². The zero-order valence-electron chi connectivity index (χ0n) is 20.5. The number of aryl methyl sites for hydroxylation is 1. The van der Waals surface area contributed by atoms with Crippen molar-refractivity contribution in [3.8, 4) is 11.3 Å². The number of benzene rings is 1. The molecule has 1 aliphatic rings. The molecule has 0 amide bonds. The van der Waals surface area contributed by atoms with E-state index in [1.54, 1.807) is 19.0 Å². The highest BCUT2D eigenvalue weighted by Gasteiger charge is 2.52. The summed E-state index contributed by atoms with van der Waals surface area (Å²) >= 11 is 6.53. The molecule has 39 heavy (non-hydrogen) atoms. The number of halogens is 6. The van der Waals surface area contributed by atoms with E-state index in [9.17, 15) is 35.2 Å². The van der Waals surface area contributed by atoms with E-state index in [1.807, 2.05) is 0 Å². The second kappa shape index (κ2) is 10.7. The number of nitrogens with zero attached hydrogens (tertiary/aromatic N) is 4. The second-order valence-electron chi connectivity index (χ2n) is 9.17. The van der Waals surface area contributed by atoms with Gasteiger partial charge in [0.05, 0.1) is 28.2 Å². The van der Waals surface area contributed by atoms with Crippen LogP contribution in [0, 0.1) is 0 Å². The van der Waals surface area contributed by atoms with Gasteiger partial charge in [0.2, 0.25) is 5.95 Å². The van der Waals surface area contributed by atoms with Crippen molar-refractivity contribution in [1.82, 2.24) is 14.3 Å². The number of aromatic nitrogens is 2. The summed E-state index contributed by atoms with van der Waals surface area (Å²) in [5.41, 5.74) is 0.192. The summed E-state index contributed by atoms with van der Waals surface area (Å²) in [4.78, 5) is 23.4. The third-order valence-electron chi connectivity index (χ3n) is 6.01. The Bertz CT molecular complexity index is 1480. The van der Waals surface area contributed by atoms with E-state index >= 15 is 0 Å². The number of sulfonamides is 1. The largest absolute Gasteiger partial charge is 0.416 e. The number of carbonyl (C=O) groups excluding carboxylic acids is 1. The predicted molar refractivity (Wildman–Crippen MR) is 137 cm³/mol. The molecule has 1 aliphatic heterocycles. The van der Waals surface area contributed by atoms with Gasteiger partial charge in [0.25, 0.3) is 15.9 Å². The molecule has 4 rings (SSSR count). The molecule has 2 aromatic heterocycles. The lowest BCUT2D eigenvalue weighted by Crippen LogP contribution is -2.40. The van der Waals surface area contributed by atoms with Gasteiger partial charge < -0.3 is 4.90 Å². The molecule has 1 saturated heterocycles. The van der Waals surface area contributed by atoms with Crippen LogP contribution in [0.4, 0.5) is 27.9 Å². The van der Waals surface area contributed by atoms with E-state index in [1.165, 1.54) is 30.3 Å². The maximum atomic E-state index is 14.3. The lowest BCUT2D eigenvalue weighted by Gasteiger charge is -2.21. The number of hydrogen-bond acceptors (Lipinski definition) is 7. The summed E-state index contributed by atoms with van der Waals surface area (Å²) in [6.45, 7) is -1.13. The monoisotopic (exact) mass is 608 g/mol. The van der Waals surface area contributed by atoms with E-state index in [0.717, 1.165) is 12.1 Å². The Balaban J connectivity index is 1.57. The number of alkyl halides is 5.